The topological polar surface area (TPSA) is 60.7 Å². The second kappa shape index (κ2) is 7.78. The maximum atomic E-state index is 12.6. The summed E-state index contributed by atoms with van der Waals surface area (Å²) in [7, 11) is 0. The van der Waals surface area contributed by atoms with Crippen LogP contribution in [0.15, 0.2) is 71.7 Å². The van der Waals surface area contributed by atoms with E-state index in [4.69, 9.17) is 4.74 Å². The van der Waals surface area contributed by atoms with Gasteiger partial charge >= 0.3 is 5.97 Å². The predicted molar refractivity (Wildman–Crippen MR) is 110 cm³/mol. The first-order chi connectivity index (χ1) is 13.7. The van der Waals surface area contributed by atoms with E-state index in [9.17, 15) is 9.59 Å². The van der Waals surface area contributed by atoms with E-state index < -0.39 is 0 Å². The monoisotopic (exact) mass is 390 g/mol. The molecule has 6 heteroatoms. The molecule has 140 valence electrons. The van der Waals surface area contributed by atoms with Crippen molar-refractivity contribution in [3.63, 3.8) is 0 Å². The highest BCUT2D eigenvalue weighted by Crippen LogP contribution is 2.27. The Morgan fingerprint density at radius 1 is 1.00 bits per heavy atom. The van der Waals surface area contributed by atoms with Crippen LogP contribution in [0, 0.1) is 0 Å². The molecule has 1 aromatic heterocycles. The third-order valence-corrected chi connectivity index (χ3v) is 5.51. The Hall–Kier alpha value is -3.25. The van der Waals surface area contributed by atoms with Gasteiger partial charge in [0.1, 0.15) is 6.54 Å². The number of hydrogen-bond donors (Lipinski definition) is 0. The van der Waals surface area contributed by atoms with Gasteiger partial charge in [0.2, 0.25) is 0 Å². The molecule has 0 bridgehead atoms. The number of carbonyl (C=O) groups is 2. The van der Waals surface area contributed by atoms with Crippen LogP contribution >= 0.6 is 11.3 Å². The first-order valence-corrected chi connectivity index (χ1v) is 9.80. The maximum absolute atomic E-state index is 12.6. The molecule has 0 N–H and O–H groups in total. The lowest BCUT2D eigenvalue weighted by molar-refractivity contribution is -0.143. The molecule has 4 rings (SSSR count). The highest BCUT2D eigenvalue weighted by molar-refractivity contribution is 7.17. The summed E-state index contributed by atoms with van der Waals surface area (Å²) >= 11 is 1.40. The zero-order chi connectivity index (χ0) is 19.5. The summed E-state index contributed by atoms with van der Waals surface area (Å²) in [6, 6.07) is 20.9. The Labute approximate surface area is 165 Å². The summed E-state index contributed by atoms with van der Waals surface area (Å²) in [6.45, 7) is 2.08. The standard InChI is InChI=1S/C22H18N2O3S/c1-2-27-19(25)14-24-18-13-12-15-8-6-7-11-17(15)20(18)28-22(24)23-21(26)16-9-4-3-5-10-16/h3-13H,2,14H2,1H3. The van der Waals surface area contributed by atoms with E-state index in [0.717, 1.165) is 21.0 Å². The molecule has 0 aliphatic carbocycles. The summed E-state index contributed by atoms with van der Waals surface area (Å²) < 4.78 is 7.86. The van der Waals surface area contributed by atoms with Crippen molar-refractivity contribution < 1.29 is 14.3 Å². The fourth-order valence-corrected chi connectivity index (χ4v) is 4.27. The minimum Gasteiger partial charge on any atom is -0.465 e. The van der Waals surface area contributed by atoms with E-state index in [1.165, 1.54) is 11.3 Å². The third-order valence-electron chi connectivity index (χ3n) is 4.38. The van der Waals surface area contributed by atoms with Gasteiger partial charge in [-0.2, -0.15) is 4.99 Å². The summed E-state index contributed by atoms with van der Waals surface area (Å²) in [5, 5.41) is 2.16. The zero-order valence-corrected chi connectivity index (χ0v) is 16.1. The number of amides is 1. The lowest BCUT2D eigenvalue weighted by Gasteiger charge is -2.06. The smallest absolute Gasteiger partial charge is 0.326 e. The number of fused-ring (bicyclic) bond motifs is 3. The number of esters is 1. The van der Waals surface area contributed by atoms with Gasteiger partial charge in [-0.3, -0.25) is 9.59 Å². The van der Waals surface area contributed by atoms with Crippen molar-refractivity contribution in [3.05, 3.63) is 77.1 Å². The van der Waals surface area contributed by atoms with Gasteiger partial charge in [-0.25, -0.2) is 0 Å². The van der Waals surface area contributed by atoms with Crippen molar-refractivity contribution in [1.82, 2.24) is 4.57 Å². The first-order valence-electron chi connectivity index (χ1n) is 8.98. The molecule has 28 heavy (non-hydrogen) atoms. The van der Waals surface area contributed by atoms with Gasteiger partial charge in [-0.05, 0) is 30.5 Å². The molecule has 5 nitrogen and oxygen atoms in total. The van der Waals surface area contributed by atoms with Gasteiger partial charge in [0.05, 0.1) is 16.8 Å². The number of nitrogens with zero attached hydrogens (tertiary/aromatic N) is 2. The average molecular weight is 390 g/mol. The Balaban J connectivity index is 1.92. The van der Waals surface area contributed by atoms with Crippen LogP contribution in [-0.2, 0) is 16.1 Å². The summed E-state index contributed by atoms with van der Waals surface area (Å²) in [5.41, 5.74) is 1.36. The molecular weight excluding hydrogens is 372 g/mol. The Morgan fingerprint density at radius 3 is 2.54 bits per heavy atom. The molecule has 0 saturated carbocycles. The quantitative estimate of drug-likeness (QED) is 0.492. The van der Waals surface area contributed by atoms with Gasteiger partial charge in [0.25, 0.3) is 5.91 Å². The lowest BCUT2D eigenvalue weighted by Crippen LogP contribution is -2.23. The zero-order valence-electron chi connectivity index (χ0n) is 15.3. The number of hydrogen-bond acceptors (Lipinski definition) is 4. The van der Waals surface area contributed by atoms with Crippen LogP contribution in [0.5, 0.6) is 0 Å². The van der Waals surface area contributed by atoms with E-state index in [1.807, 2.05) is 42.5 Å². The van der Waals surface area contributed by atoms with Gasteiger partial charge in [-0.15, -0.1) is 0 Å². The molecular formula is C22H18N2O3S. The normalized spacial score (nSPS) is 11.8. The van der Waals surface area contributed by atoms with Gasteiger partial charge in [-0.1, -0.05) is 59.9 Å². The fraction of sp³-hybridized carbons (Fsp3) is 0.136. The lowest BCUT2D eigenvalue weighted by atomic mass is 10.1. The Bertz CT molecular complexity index is 1240. The molecule has 0 saturated heterocycles. The molecule has 0 radical (unpaired) electrons. The van der Waals surface area contributed by atoms with E-state index in [-0.39, 0.29) is 18.4 Å². The number of carbonyl (C=O) groups excluding carboxylic acids is 2. The summed E-state index contributed by atoms with van der Waals surface area (Å²) in [5.74, 6) is -0.696. The number of benzene rings is 3. The van der Waals surface area contributed by atoms with Crippen molar-refractivity contribution in [2.75, 3.05) is 6.61 Å². The van der Waals surface area contributed by atoms with Crippen LogP contribution in [0.2, 0.25) is 0 Å². The molecule has 1 amide bonds. The minimum atomic E-state index is -0.357. The molecule has 0 spiro atoms. The van der Waals surface area contributed by atoms with Crippen LogP contribution in [0.1, 0.15) is 17.3 Å². The molecule has 0 unspecified atom stereocenters. The van der Waals surface area contributed by atoms with Crippen LogP contribution in [-0.4, -0.2) is 23.1 Å². The second-order valence-corrected chi connectivity index (χ2v) is 7.17. The molecule has 0 fully saturated rings. The first kappa shape index (κ1) is 18.1. The Kier molecular flexibility index (Phi) is 5.04. The maximum Gasteiger partial charge on any atom is 0.326 e. The van der Waals surface area contributed by atoms with Gasteiger partial charge < -0.3 is 9.30 Å². The second-order valence-electron chi connectivity index (χ2n) is 6.19. The predicted octanol–water partition coefficient (Wildman–Crippen LogP) is 4.16. The fourth-order valence-electron chi connectivity index (χ4n) is 3.10. The van der Waals surface area contributed by atoms with Crippen LogP contribution < -0.4 is 4.80 Å². The third kappa shape index (κ3) is 3.46. The molecule has 0 aliphatic heterocycles. The van der Waals surface area contributed by atoms with E-state index in [2.05, 4.69) is 4.99 Å². The molecule has 4 aromatic rings. The highest BCUT2D eigenvalue weighted by atomic mass is 32.1. The van der Waals surface area contributed by atoms with Crippen LogP contribution in [0.3, 0.4) is 0 Å². The van der Waals surface area contributed by atoms with Crippen molar-refractivity contribution in [1.29, 1.82) is 0 Å². The van der Waals surface area contributed by atoms with Crippen molar-refractivity contribution in [2.45, 2.75) is 13.5 Å². The number of ether oxygens (including phenoxy) is 1. The molecule has 3 aromatic carbocycles. The van der Waals surface area contributed by atoms with E-state index in [0.29, 0.717) is 17.0 Å². The largest absolute Gasteiger partial charge is 0.465 e. The van der Waals surface area contributed by atoms with Crippen LogP contribution in [0.25, 0.3) is 21.0 Å². The molecule has 1 heterocycles. The van der Waals surface area contributed by atoms with Gasteiger partial charge in [0.15, 0.2) is 4.80 Å². The SMILES string of the molecule is CCOC(=O)Cn1c(=NC(=O)c2ccccc2)sc2c3ccccc3ccc21. The number of thiazole rings is 1. The van der Waals surface area contributed by atoms with E-state index >= 15 is 0 Å². The number of aromatic nitrogens is 1. The minimum absolute atomic E-state index is 0.00703. The number of rotatable bonds is 4. The van der Waals surface area contributed by atoms with Crippen molar-refractivity contribution in [3.8, 4) is 0 Å². The molecule has 0 atom stereocenters. The van der Waals surface area contributed by atoms with Crippen LogP contribution in [0.4, 0.5) is 0 Å². The van der Waals surface area contributed by atoms with Crippen molar-refractivity contribution in [2.24, 2.45) is 4.99 Å². The summed E-state index contributed by atoms with van der Waals surface area (Å²) in [4.78, 5) is 29.6. The highest BCUT2D eigenvalue weighted by Gasteiger charge is 2.14. The van der Waals surface area contributed by atoms with E-state index in [1.54, 1.807) is 35.8 Å². The molecule has 0 aliphatic rings. The average Bonchev–Trinajstić information content (AvgIpc) is 3.06. The summed E-state index contributed by atoms with van der Waals surface area (Å²) in [6.07, 6.45) is 0. The van der Waals surface area contributed by atoms with Gasteiger partial charge in [0, 0.05) is 10.9 Å². The van der Waals surface area contributed by atoms with Crippen molar-refractivity contribution >= 4 is 44.2 Å². The Morgan fingerprint density at radius 2 is 1.75 bits per heavy atom.